The smallest absolute Gasteiger partial charge is 0.237 e. The maximum atomic E-state index is 13.0. The van der Waals surface area contributed by atoms with Gasteiger partial charge in [0, 0.05) is 30.7 Å². The van der Waals surface area contributed by atoms with Crippen molar-refractivity contribution in [3.8, 4) is 22.8 Å². The lowest BCUT2D eigenvalue weighted by Gasteiger charge is -2.14. The summed E-state index contributed by atoms with van der Waals surface area (Å²) in [5.41, 5.74) is 4.17. The van der Waals surface area contributed by atoms with Crippen LogP contribution in [0.4, 0.5) is 5.69 Å². The Morgan fingerprint density at radius 3 is 2.44 bits per heavy atom. The summed E-state index contributed by atoms with van der Waals surface area (Å²) in [6.45, 7) is 8.20. The fourth-order valence-corrected chi connectivity index (χ4v) is 4.38. The van der Waals surface area contributed by atoms with E-state index >= 15 is 0 Å². The van der Waals surface area contributed by atoms with Gasteiger partial charge in [0.1, 0.15) is 5.75 Å². The van der Waals surface area contributed by atoms with Gasteiger partial charge in [0.05, 0.1) is 28.9 Å². The molecule has 4 aromatic rings. The Morgan fingerprint density at radius 2 is 1.82 bits per heavy atom. The van der Waals surface area contributed by atoms with E-state index in [1.807, 2.05) is 75.7 Å². The van der Waals surface area contributed by atoms with E-state index in [-0.39, 0.29) is 5.91 Å². The third-order valence-corrected chi connectivity index (χ3v) is 6.43. The molecule has 9 nitrogen and oxygen atoms in total. The number of carbonyl (C=O) groups is 1. The Bertz CT molecular complexity index is 1280. The van der Waals surface area contributed by atoms with Gasteiger partial charge in [0.2, 0.25) is 5.91 Å². The SMILES string of the molecule is CCOc1ccc(-n2c(S[C@H](C)C(=O)Nc3c(C)nn(C)c3C)nnc2-c2ccncc2)cc1. The summed E-state index contributed by atoms with van der Waals surface area (Å²) in [5.74, 6) is 1.32. The van der Waals surface area contributed by atoms with Gasteiger partial charge in [-0.15, -0.1) is 10.2 Å². The first-order valence-corrected chi connectivity index (χ1v) is 11.8. The number of aryl methyl sites for hydroxylation is 2. The quantitative estimate of drug-likeness (QED) is 0.380. The van der Waals surface area contributed by atoms with E-state index in [1.54, 1.807) is 17.1 Å². The Kier molecular flexibility index (Phi) is 6.97. The first kappa shape index (κ1) is 23.5. The number of pyridine rings is 1. The summed E-state index contributed by atoms with van der Waals surface area (Å²) in [5, 5.41) is 16.4. The number of ether oxygens (including phenoxy) is 1. The number of amides is 1. The van der Waals surface area contributed by atoms with Crippen LogP contribution in [0.2, 0.25) is 0 Å². The van der Waals surface area contributed by atoms with Crippen LogP contribution in [-0.2, 0) is 11.8 Å². The molecule has 1 aromatic carbocycles. The lowest BCUT2D eigenvalue weighted by Crippen LogP contribution is -2.23. The van der Waals surface area contributed by atoms with Gasteiger partial charge in [-0.3, -0.25) is 19.0 Å². The molecule has 34 heavy (non-hydrogen) atoms. The number of thioether (sulfide) groups is 1. The standard InChI is InChI=1S/C24H27N7O2S/c1-6-33-20-9-7-19(8-10-20)31-22(18-11-13-25-14-12-18)27-28-24(31)34-17(4)23(32)26-21-15(2)29-30(5)16(21)3/h7-14,17H,6H2,1-5H3,(H,26,32)/t17-/m1/s1. The number of benzene rings is 1. The fourth-order valence-electron chi connectivity index (χ4n) is 3.52. The summed E-state index contributed by atoms with van der Waals surface area (Å²) < 4.78 is 9.28. The molecular weight excluding hydrogens is 450 g/mol. The summed E-state index contributed by atoms with van der Waals surface area (Å²) >= 11 is 1.34. The zero-order valence-corrected chi connectivity index (χ0v) is 20.6. The van der Waals surface area contributed by atoms with E-state index in [0.29, 0.717) is 17.6 Å². The van der Waals surface area contributed by atoms with Crippen molar-refractivity contribution in [2.75, 3.05) is 11.9 Å². The lowest BCUT2D eigenvalue weighted by atomic mass is 10.2. The molecule has 1 atom stereocenters. The number of rotatable bonds is 8. The minimum atomic E-state index is -0.421. The number of hydrogen-bond acceptors (Lipinski definition) is 7. The van der Waals surface area contributed by atoms with Gasteiger partial charge in [-0.25, -0.2) is 0 Å². The molecule has 0 saturated carbocycles. The second-order valence-corrected chi connectivity index (χ2v) is 9.03. The Morgan fingerprint density at radius 1 is 1.12 bits per heavy atom. The van der Waals surface area contributed by atoms with Crippen LogP contribution in [0, 0.1) is 13.8 Å². The summed E-state index contributed by atoms with van der Waals surface area (Å²) in [6.07, 6.45) is 3.43. The molecule has 0 radical (unpaired) electrons. The maximum Gasteiger partial charge on any atom is 0.237 e. The normalized spacial score (nSPS) is 11.9. The van der Waals surface area contributed by atoms with E-state index in [4.69, 9.17) is 4.74 Å². The Balaban J connectivity index is 1.64. The van der Waals surface area contributed by atoms with Crippen LogP contribution in [0.25, 0.3) is 17.1 Å². The summed E-state index contributed by atoms with van der Waals surface area (Å²) in [7, 11) is 1.86. The molecule has 0 unspecified atom stereocenters. The number of carbonyl (C=O) groups excluding carboxylic acids is 1. The third kappa shape index (κ3) is 4.81. The van der Waals surface area contributed by atoms with Crippen molar-refractivity contribution in [3.05, 3.63) is 60.2 Å². The first-order chi connectivity index (χ1) is 16.4. The van der Waals surface area contributed by atoms with Crippen LogP contribution in [0.1, 0.15) is 25.2 Å². The highest BCUT2D eigenvalue weighted by Crippen LogP contribution is 2.31. The van der Waals surface area contributed by atoms with E-state index in [1.165, 1.54) is 11.8 Å². The molecule has 0 aliphatic heterocycles. The van der Waals surface area contributed by atoms with E-state index in [9.17, 15) is 4.79 Å². The molecular formula is C24H27N7O2S. The average Bonchev–Trinajstić information content (AvgIpc) is 3.36. The molecule has 4 rings (SSSR count). The maximum absolute atomic E-state index is 13.0. The molecule has 3 aromatic heterocycles. The number of hydrogen-bond donors (Lipinski definition) is 1. The predicted molar refractivity (Wildman–Crippen MR) is 132 cm³/mol. The second kappa shape index (κ2) is 10.1. The molecule has 0 fully saturated rings. The molecule has 3 heterocycles. The molecule has 176 valence electrons. The third-order valence-electron chi connectivity index (χ3n) is 5.39. The van der Waals surface area contributed by atoms with Gasteiger partial charge in [-0.1, -0.05) is 11.8 Å². The molecule has 0 spiro atoms. The van der Waals surface area contributed by atoms with Crippen LogP contribution in [0.3, 0.4) is 0 Å². The number of aromatic nitrogens is 6. The highest BCUT2D eigenvalue weighted by Gasteiger charge is 2.23. The van der Waals surface area contributed by atoms with Crippen molar-refractivity contribution >= 4 is 23.4 Å². The van der Waals surface area contributed by atoms with E-state index in [2.05, 4.69) is 25.6 Å². The van der Waals surface area contributed by atoms with Gasteiger partial charge in [-0.05, 0) is 64.1 Å². The van der Waals surface area contributed by atoms with E-state index in [0.717, 1.165) is 34.1 Å². The van der Waals surface area contributed by atoms with Crippen molar-refractivity contribution in [3.63, 3.8) is 0 Å². The van der Waals surface area contributed by atoms with Crippen molar-refractivity contribution < 1.29 is 9.53 Å². The second-order valence-electron chi connectivity index (χ2n) is 7.72. The number of nitrogens with one attached hydrogen (secondary N) is 1. The molecule has 10 heteroatoms. The lowest BCUT2D eigenvalue weighted by molar-refractivity contribution is -0.115. The minimum Gasteiger partial charge on any atom is -0.494 e. The Labute approximate surface area is 202 Å². The van der Waals surface area contributed by atoms with Crippen molar-refractivity contribution in [1.29, 1.82) is 0 Å². The molecule has 0 saturated heterocycles. The highest BCUT2D eigenvalue weighted by atomic mass is 32.2. The largest absolute Gasteiger partial charge is 0.494 e. The van der Waals surface area contributed by atoms with Crippen molar-refractivity contribution in [1.82, 2.24) is 29.5 Å². The number of nitrogens with zero attached hydrogens (tertiary/aromatic N) is 6. The van der Waals surface area contributed by atoms with Crippen LogP contribution < -0.4 is 10.1 Å². The van der Waals surface area contributed by atoms with Gasteiger partial charge >= 0.3 is 0 Å². The van der Waals surface area contributed by atoms with Gasteiger partial charge < -0.3 is 10.1 Å². The molecule has 0 aliphatic carbocycles. The van der Waals surface area contributed by atoms with Crippen molar-refractivity contribution in [2.24, 2.45) is 7.05 Å². The predicted octanol–water partition coefficient (Wildman–Crippen LogP) is 4.20. The van der Waals surface area contributed by atoms with E-state index < -0.39 is 5.25 Å². The molecule has 1 N–H and O–H groups in total. The van der Waals surface area contributed by atoms with Crippen LogP contribution in [0.15, 0.2) is 53.9 Å². The van der Waals surface area contributed by atoms with Crippen LogP contribution in [-0.4, -0.2) is 47.3 Å². The molecule has 0 aliphatic rings. The minimum absolute atomic E-state index is 0.129. The molecule has 0 bridgehead atoms. The summed E-state index contributed by atoms with van der Waals surface area (Å²) in [6, 6.07) is 11.5. The topological polar surface area (TPSA) is 99.8 Å². The van der Waals surface area contributed by atoms with Crippen molar-refractivity contribution in [2.45, 2.75) is 38.1 Å². The zero-order valence-electron chi connectivity index (χ0n) is 19.8. The monoisotopic (exact) mass is 477 g/mol. The fraction of sp³-hybridized carbons (Fsp3) is 0.292. The van der Waals surface area contributed by atoms with Gasteiger partial charge in [0.15, 0.2) is 11.0 Å². The summed E-state index contributed by atoms with van der Waals surface area (Å²) in [4.78, 5) is 17.1. The van der Waals surface area contributed by atoms with Gasteiger partial charge in [-0.2, -0.15) is 5.10 Å². The van der Waals surface area contributed by atoms with Crippen LogP contribution >= 0.6 is 11.8 Å². The van der Waals surface area contributed by atoms with Crippen LogP contribution in [0.5, 0.6) is 5.75 Å². The highest BCUT2D eigenvalue weighted by molar-refractivity contribution is 8.00. The zero-order chi connectivity index (χ0) is 24.2. The number of anilines is 1. The average molecular weight is 478 g/mol. The molecule has 1 amide bonds. The Hall–Kier alpha value is -3.66. The van der Waals surface area contributed by atoms with Gasteiger partial charge in [0.25, 0.3) is 0 Å². The first-order valence-electron chi connectivity index (χ1n) is 11.0.